The molecule has 0 heterocycles. The van der Waals surface area contributed by atoms with Gasteiger partial charge in [0, 0.05) is 9.79 Å². The van der Waals surface area contributed by atoms with Crippen LogP contribution in [0.1, 0.15) is 5.56 Å². The molecule has 0 unspecified atom stereocenters. The van der Waals surface area contributed by atoms with Crippen molar-refractivity contribution in [2.24, 2.45) is 0 Å². The summed E-state index contributed by atoms with van der Waals surface area (Å²) in [5.41, 5.74) is 0.283. The molecule has 0 spiro atoms. The molecule has 0 amide bonds. The van der Waals surface area contributed by atoms with Crippen molar-refractivity contribution in [3.63, 3.8) is 0 Å². The second-order valence-electron chi connectivity index (χ2n) is 3.31. The maximum atomic E-state index is 13.6. The Morgan fingerprint density at radius 1 is 1.00 bits per heavy atom. The minimum atomic E-state index is -0.446. The Labute approximate surface area is 102 Å². The Balaban J connectivity index is 2.25. The molecule has 4 heteroatoms. The molecule has 0 bridgehead atoms. The average Bonchev–Trinajstić information content (AvgIpc) is 2.34. The Morgan fingerprint density at radius 3 is 2.29 bits per heavy atom. The summed E-state index contributed by atoms with van der Waals surface area (Å²) in [5, 5.41) is 8.61. The van der Waals surface area contributed by atoms with Gasteiger partial charge in [-0.05, 0) is 42.5 Å². The maximum Gasteiger partial charge on any atom is 0.138 e. The number of benzene rings is 2. The minimum absolute atomic E-state index is 0.283. The summed E-state index contributed by atoms with van der Waals surface area (Å²) in [6, 6.07) is 12.0. The van der Waals surface area contributed by atoms with E-state index in [0.717, 1.165) is 4.90 Å². The van der Waals surface area contributed by atoms with E-state index in [9.17, 15) is 8.78 Å². The van der Waals surface area contributed by atoms with Crippen molar-refractivity contribution in [3.05, 3.63) is 59.7 Å². The highest BCUT2D eigenvalue weighted by atomic mass is 32.2. The molecule has 0 aliphatic carbocycles. The van der Waals surface area contributed by atoms with E-state index < -0.39 is 5.82 Å². The van der Waals surface area contributed by atoms with E-state index >= 15 is 0 Å². The number of rotatable bonds is 2. The van der Waals surface area contributed by atoms with Crippen molar-refractivity contribution in [2.45, 2.75) is 9.79 Å². The molecule has 2 aromatic rings. The van der Waals surface area contributed by atoms with Gasteiger partial charge in [0.05, 0.1) is 11.6 Å². The number of nitriles is 1. The third kappa shape index (κ3) is 2.83. The Kier molecular flexibility index (Phi) is 3.40. The van der Waals surface area contributed by atoms with E-state index in [1.807, 2.05) is 6.07 Å². The molecule has 2 rings (SSSR count). The zero-order valence-electron chi connectivity index (χ0n) is 8.65. The molecule has 2 aromatic carbocycles. The molecule has 17 heavy (non-hydrogen) atoms. The average molecular weight is 247 g/mol. The predicted octanol–water partition coefficient (Wildman–Crippen LogP) is 3.99. The quantitative estimate of drug-likeness (QED) is 0.801. The molecule has 0 radical (unpaired) electrons. The van der Waals surface area contributed by atoms with Crippen LogP contribution in [-0.2, 0) is 0 Å². The number of halogens is 2. The first-order valence-corrected chi connectivity index (χ1v) is 5.64. The third-order valence-corrected chi connectivity index (χ3v) is 3.16. The van der Waals surface area contributed by atoms with Crippen LogP contribution < -0.4 is 0 Å². The SMILES string of the molecule is N#Cc1ccc(Sc2ccc(F)cc2)c(F)c1. The molecule has 0 atom stereocenters. The first-order chi connectivity index (χ1) is 8.19. The smallest absolute Gasteiger partial charge is 0.138 e. The summed E-state index contributed by atoms with van der Waals surface area (Å²) < 4.78 is 26.2. The third-order valence-electron chi connectivity index (χ3n) is 2.10. The molecule has 0 N–H and O–H groups in total. The van der Waals surface area contributed by atoms with Crippen LogP contribution in [0.3, 0.4) is 0 Å². The molecule has 1 nitrogen and oxygen atoms in total. The Bertz CT molecular complexity index is 573. The van der Waals surface area contributed by atoms with Crippen LogP contribution in [0.2, 0.25) is 0 Å². The van der Waals surface area contributed by atoms with Crippen molar-refractivity contribution in [2.75, 3.05) is 0 Å². The topological polar surface area (TPSA) is 23.8 Å². The highest BCUT2D eigenvalue weighted by Crippen LogP contribution is 2.30. The molecule has 0 aliphatic heterocycles. The zero-order chi connectivity index (χ0) is 12.3. The van der Waals surface area contributed by atoms with Gasteiger partial charge in [0.25, 0.3) is 0 Å². The van der Waals surface area contributed by atoms with E-state index in [0.29, 0.717) is 4.90 Å². The van der Waals surface area contributed by atoms with E-state index in [-0.39, 0.29) is 11.4 Å². The van der Waals surface area contributed by atoms with Crippen LogP contribution in [0.15, 0.2) is 52.3 Å². The van der Waals surface area contributed by atoms with Crippen LogP contribution in [0.4, 0.5) is 8.78 Å². The molecular formula is C13H7F2NS. The summed E-state index contributed by atoms with van der Waals surface area (Å²) in [6.45, 7) is 0. The molecule has 84 valence electrons. The van der Waals surface area contributed by atoms with E-state index in [4.69, 9.17) is 5.26 Å². The van der Waals surface area contributed by atoms with Crippen molar-refractivity contribution in [3.8, 4) is 6.07 Å². The lowest BCUT2D eigenvalue weighted by atomic mass is 10.2. The van der Waals surface area contributed by atoms with Gasteiger partial charge in [-0.15, -0.1) is 0 Å². The van der Waals surface area contributed by atoms with Gasteiger partial charge in [-0.2, -0.15) is 5.26 Å². The number of nitrogens with zero attached hydrogens (tertiary/aromatic N) is 1. The van der Waals surface area contributed by atoms with Gasteiger partial charge in [-0.25, -0.2) is 8.78 Å². The van der Waals surface area contributed by atoms with Crippen LogP contribution >= 0.6 is 11.8 Å². The van der Waals surface area contributed by atoms with Crippen LogP contribution in [0.25, 0.3) is 0 Å². The highest BCUT2D eigenvalue weighted by Gasteiger charge is 2.05. The van der Waals surface area contributed by atoms with Crippen molar-refractivity contribution in [1.29, 1.82) is 5.26 Å². The summed E-state index contributed by atoms with van der Waals surface area (Å²) in [5.74, 6) is -0.770. The van der Waals surface area contributed by atoms with E-state index in [2.05, 4.69) is 0 Å². The molecule has 0 aromatic heterocycles. The predicted molar refractivity (Wildman–Crippen MR) is 61.6 cm³/mol. The van der Waals surface area contributed by atoms with Crippen LogP contribution in [0, 0.1) is 23.0 Å². The minimum Gasteiger partial charge on any atom is -0.207 e. The largest absolute Gasteiger partial charge is 0.207 e. The van der Waals surface area contributed by atoms with Gasteiger partial charge >= 0.3 is 0 Å². The molecule has 0 aliphatic rings. The first-order valence-electron chi connectivity index (χ1n) is 4.82. The fraction of sp³-hybridized carbons (Fsp3) is 0. The Morgan fingerprint density at radius 2 is 1.71 bits per heavy atom. The van der Waals surface area contributed by atoms with Gasteiger partial charge in [-0.1, -0.05) is 11.8 Å². The van der Waals surface area contributed by atoms with Crippen molar-refractivity contribution >= 4 is 11.8 Å². The summed E-state index contributed by atoms with van der Waals surface area (Å²) >= 11 is 1.19. The Hall–Kier alpha value is -1.86. The van der Waals surface area contributed by atoms with Gasteiger partial charge < -0.3 is 0 Å². The van der Waals surface area contributed by atoms with Crippen molar-refractivity contribution < 1.29 is 8.78 Å². The maximum absolute atomic E-state index is 13.6. The van der Waals surface area contributed by atoms with Crippen molar-refractivity contribution in [1.82, 2.24) is 0 Å². The van der Waals surface area contributed by atoms with Gasteiger partial charge in [0.1, 0.15) is 11.6 Å². The van der Waals surface area contributed by atoms with Gasteiger partial charge in [0.15, 0.2) is 0 Å². The fourth-order valence-electron chi connectivity index (χ4n) is 1.28. The van der Waals surface area contributed by atoms with E-state index in [1.165, 1.54) is 30.0 Å². The van der Waals surface area contributed by atoms with Gasteiger partial charge in [0.2, 0.25) is 0 Å². The fourth-order valence-corrected chi connectivity index (χ4v) is 2.10. The summed E-state index contributed by atoms with van der Waals surface area (Å²) in [7, 11) is 0. The van der Waals surface area contributed by atoms with Crippen LogP contribution in [-0.4, -0.2) is 0 Å². The second kappa shape index (κ2) is 4.98. The lowest BCUT2D eigenvalue weighted by Crippen LogP contribution is -1.84. The molecule has 0 saturated carbocycles. The lowest BCUT2D eigenvalue weighted by molar-refractivity contribution is 0.601. The molecule has 0 saturated heterocycles. The number of hydrogen-bond acceptors (Lipinski definition) is 2. The molecule has 0 fully saturated rings. The zero-order valence-corrected chi connectivity index (χ0v) is 9.47. The highest BCUT2D eigenvalue weighted by molar-refractivity contribution is 7.99. The lowest BCUT2D eigenvalue weighted by Gasteiger charge is -2.03. The monoisotopic (exact) mass is 247 g/mol. The first kappa shape index (κ1) is 11.6. The standard InChI is InChI=1S/C13H7F2NS/c14-10-2-4-11(5-3-10)17-13-6-1-9(8-16)7-12(13)15/h1-7H. The summed E-state index contributed by atoms with van der Waals surface area (Å²) in [6.07, 6.45) is 0. The van der Waals surface area contributed by atoms with Crippen LogP contribution in [0.5, 0.6) is 0 Å². The van der Waals surface area contributed by atoms with Gasteiger partial charge in [-0.3, -0.25) is 0 Å². The van der Waals surface area contributed by atoms with E-state index in [1.54, 1.807) is 24.3 Å². The molecular weight excluding hydrogens is 240 g/mol. The normalized spacial score (nSPS) is 9.94. The summed E-state index contributed by atoms with van der Waals surface area (Å²) in [4.78, 5) is 1.16. The number of hydrogen-bond donors (Lipinski definition) is 0. The second-order valence-corrected chi connectivity index (χ2v) is 4.43.